The van der Waals surface area contributed by atoms with Gasteiger partial charge in [0.05, 0.1) is 6.42 Å². The number of hydrogen-bond donors (Lipinski definition) is 1. The number of benzene rings is 1. The molecule has 120 valence electrons. The molecule has 3 rings (SSSR count). The highest BCUT2D eigenvalue weighted by atomic mass is 16.1. The number of nitrogens with zero attached hydrogens (tertiary/aromatic N) is 1. The Labute approximate surface area is 138 Å². The highest BCUT2D eigenvalue weighted by molar-refractivity contribution is 5.78. The van der Waals surface area contributed by atoms with Crippen LogP contribution in [0.25, 0.3) is 0 Å². The van der Waals surface area contributed by atoms with E-state index >= 15 is 0 Å². The number of carbonyl (C=O) groups is 1. The molecule has 1 fully saturated rings. The molecule has 0 bridgehead atoms. The normalized spacial score (nSPS) is 16.2. The van der Waals surface area contributed by atoms with Gasteiger partial charge in [0.15, 0.2) is 0 Å². The van der Waals surface area contributed by atoms with E-state index in [2.05, 4.69) is 40.6 Å². The van der Waals surface area contributed by atoms with Crippen LogP contribution in [0.2, 0.25) is 0 Å². The van der Waals surface area contributed by atoms with E-state index < -0.39 is 0 Å². The van der Waals surface area contributed by atoms with Crippen molar-refractivity contribution in [1.82, 2.24) is 10.3 Å². The average Bonchev–Trinajstić information content (AvgIpc) is 3.11. The minimum Gasteiger partial charge on any atom is -0.355 e. The molecule has 1 aromatic heterocycles. The van der Waals surface area contributed by atoms with Crippen molar-refractivity contribution in [3.8, 4) is 0 Å². The maximum absolute atomic E-state index is 12.2. The highest BCUT2D eigenvalue weighted by Crippen LogP contribution is 2.36. The van der Waals surface area contributed by atoms with Gasteiger partial charge in [0, 0.05) is 24.4 Å². The van der Waals surface area contributed by atoms with Crippen LogP contribution in [0.4, 0.5) is 0 Å². The average molecular weight is 308 g/mol. The van der Waals surface area contributed by atoms with E-state index in [-0.39, 0.29) is 5.91 Å². The quantitative estimate of drug-likeness (QED) is 0.884. The van der Waals surface area contributed by atoms with Crippen LogP contribution in [0.5, 0.6) is 0 Å². The second-order valence-electron chi connectivity index (χ2n) is 6.36. The molecule has 1 aromatic carbocycles. The first-order chi connectivity index (χ1) is 11.3. The standard InChI is InChI=1S/C20H24N2O/c23-20(14-18-12-6-7-13-21-18)22-15-19(17-10-4-5-11-17)16-8-2-1-3-9-16/h1-3,6-9,12-13,17,19H,4-5,10-11,14-15H2,(H,22,23)/t19-/m0/s1. The third-order valence-corrected chi connectivity index (χ3v) is 4.78. The van der Waals surface area contributed by atoms with Crippen LogP contribution in [0, 0.1) is 5.92 Å². The molecule has 2 aromatic rings. The summed E-state index contributed by atoms with van der Waals surface area (Å²) in [5.41, 5.74) is 2.17. The maximum atomic E-state index is 12.2. The highest BCUT2D eigenvalue weighted by Gasteiger charge is 2.26. The molecule has 1 saturated carbocycles. The van der Waals surface area contributed by atoms with Gasteiger partial charge in [-0.25, -0.2) is 0 Å². The molecule has 1 N–H and O–H groups in total. The predicted molar refractivity (Wildman–Crippen MR) is 92.1 cm³/mol. The number of carbonyl (C=O) groups excluding carboxylic acids is 1. The van der Waals surface area contributed by atoms with Gasteiger partial charge in [-0.1, -0.05) is 49.2 Å². The van der Waals surface area contributed by atoms with Gasteiger partial charge >= 0.3 is 0 Å². The zero-order valence-electron chi connectivity index (χ0n) is 13.4. The summed E-state index contributed by atoms with van der Waals surface area (Å²) in [7, 11) is 0. The fourth-order valence-corrected chi connectivity index (χ4v) is 3.57. The lowest BCUT2D eigenvalue weighted by atomic mass is 9.85. The zero-order valence-corrected chi connectivity index (χ0v) is 13.4. The number of rotatable bonds is 6. The van der Waals surface area contributed by atoms with Crippen molar-refractivity contribution in [2.45, 2.75) is 38.0 Å². The Hall–Kier alpha value is -2.16. The lowest BCUT2D eigenvalue weighted by molar-refractivity contribution is -0.120. The zero-order chi connectivity index (χ0) is 15.9. The van der Waals surface area contributed by atoms with E-state index in [0.29, 0.717) is 18.3 Å². The van der Waals surface area contributed by atoms with Crippen molar-refractivity contribution < 1.29 is 4.79 Å². The predicted octanol–water partition coefficient (Wildman–Crippen LogP) is 3.71. The van der Waals surface area contributed by atoms with Crippen molar-refractivity contribution in [3.63, 3.8) is 0 Å². The fourth-order valence-electron chi connectivity index (χ4n) is 3.57. The molecular weight excluding hydrogens is 284 g/mol. The molecular formula is C20H24N2O. The van der Waals surface area contributed by atoms with E-state index in [9.17, 15) is 4.79 Å². The molecule has 3 heteroatoms. The Kier molecular flexibility index (Phi) is 5.41. The lowest BCUT2D eigenvalue weighted by Crippen LogP contribution is -2.32. The third-order valence-electron chi connectivity index (χ3n) is 4.78. The molecule has 0 aliphatic heterocycles. The monoisotopic (exact) mass is 308 g/mol. The number of aromatic nitrogens is 1. The third kappa shape index (κ3) is 4.41. The molecule has 0 saturated heterocycles. The summed E-state index contributed by atoms with van der Waals surface area (Å²) in [6, 6.07) is 16.3. The molecule has 3 nitrogen and oxygen atoms in total. The van der Waals surface area contributed by atoms with Crippen LogP contribution in [-0.2, 0) is 11.2 Å². The molecule has 23 heavy (non-hydrogen) atoms. The van der Waals surface area contributed by atoms with Gasteiger partial charge in [-0.05, 0) is 36.5 Å². The van der Waals surface area contributed by atoms with Crippen molar-refractivity contribution in [1.29, 1.82) is 0 Å². The van der Waals surface area contributed by atoms with Crippen LogP contribution in [-0.4, -0.2) is 17.4 Å². The number of nitrogens with one attached hydrogen (secondary N) is 1. The fraction of sp³-hybridized carbons (Fsp3) is 0.400. The van der Waals surface area contributed by atoms with Gasteiger partial charge in [-0.3, -0.25) is 9.78 Å². The molecule has 0 radical (unpaired) electrons. The van der Waals surface area contributed by atoms with Crippen LogP contribution in [0.3, 0.4) is 0 Å². The second-order valence-corrected chi connectivity index (χ2v) is 6.36. The Morgan fingerprint density at radius 1 is 1.09 bits per heavy atom. The summed E-state index contributed by atoms with van der Waals surface area (Å²) >= 11 is 0. The minimum atomic E-state index is 0.0580. The van der Waals surface area contributed by atoms with Crippen molar-refractivity contribution in [3.05, 3.63) is 66.0 Å². The van der Waals surface area contributed by atoms with Gasteiger partial charge in [0.1, 0.15) is 0 Å². The van der Waals surface area contributed by atoms with Crippen molar-refractivity contribution in [2.24, 2.45) is 5.92 Å². The van der Waals surface area contributed by atoms with E-state index in [1.54, 1.807) is 6.20 Å². The summed E-state index contributed by atoms with van der Waals surface area (Å²) in [5.74, 6) is 1.17. The molecule has 1 amide bonds. The van der Waals surface area contributed by atoms with Gasteiger partial charge in [-0.2, -0.15) is 0 Å². The van der Waals surface area contributed by atoms with Crippen LogP contribution < -0.4 is 5.32 Å². The summed E-state index contributed by atoms with van der Waals surface area (Å²) in [6.07, 6.45) is 7.26. The summed E-state index contributed by atoms with van der Waals surface area (Å²) in [4.78, 5) is 16.4. The molecule has 1 aliphatic carbocycles. The van der Waals surface area contributed by atoms with Crippen LogP contribution >= 0.6 is 0 Å². The van der Waals surface area contributed by atoms with Gasteiger partial charge in [-0.15, -0.1) is 0 Å². The van der Waals surface area contributed by atoms with E-state index in [1.165, 1.54) is 31.2 Å². The molecule has 0 spiro atoms. The lowest BCUT2D eigenvalue weighted by Gasteiger charge is -2.24. The molecule has 1 aliphatic rings. The van der Waals surface area contributed by atoms with E-state index in [1.807, 2.05) is 18.2 Å². The number of pyridine rings is 1. The maximum Gasteiger partial charge on any atom is 0.226 e. The minimum absolute atomic E-state index is 0.0580. The molecule has 1 heterocycles. The first-order valence-corrected chi connectivity index (χ1v) is 8.54. The summed E-state index contributed by atoms with van der Waals surface area (Å²) in [6.45, 7) is 0.723. The largest absolute Gasteiger partial charge is 0.355 e. The summed E-state index contributed by atoms with van der Waals surface area (Å²) < 4.78 is 0. The SMILES string of the molecule is O=C(Cc1ccccn1)NC[C@@H](c1ccccc1)C1CCCC1. The first kappa shape index (κ1) is 15.7. The van der Waals surface area contributed by atoms with Crippen LogP contribution in [0.1, 0.15) is 42.9 Å². The second kappa shape index (κ2) is 7.91. The van der Waals surface area contributed by atoms with Gasteiger partial charge in [0.25, 0.3) is 0 Å². The molecule has 0 unspecified atom stereocenters. The van der Waals surface area contributed by atoms with Gasteiger partial charge in [0.2, 0.25) is 5.91 Å². The number of amides is 1. The molecule has 1 atom stereocenters. The smallest absolute Gasteiger partial charge is 0.226 e. The Bertz CT molecular complexity index is 606. The Morgan fingerprint density at radius 3 is 2.52 bits per heavy atom. The van der Waals surface area contributed by atoms with E-state index in [4.69, 9.17) is 0 Å². The topological polar surface area (TPSA) is 42.0 Å². The summed E-state index contributed by atoms with van der Waals surface area (Å²) in [5, 5.41) is 3.13. The van der Waals surface area contributed by atoms with Crippen molar-refractivity contribution >= 4 is 5.91 Å². The Morgan fingerprint density at radius 2 is 1.83 bits per heavy atom. The van der Waals surface area contributed by atoms with Crippen molar-refractivity contribution in [2.75, 3.05) is 6.54 Å². The van der Waals surface area contributed by atoms with E-state index in [0.717, 1.165) is 12.2 Å². The van der Waals surface area contributed by atoms with Gasteiger partial charge < -0.3 is 5.32 Å². The van der Waals surface area contributed by atoms with Crippen LogP contribution in [0.15, 0.2) is 54.7 Å². The Balaban J connectivity index is 1.61. The first-order valence-electron chi connectivity index (χ1n) is 8.54. The number of hydrogen-bond acceptors (Lipinski definition) is 2.